The highest BCUT2D eigenvalue weighted by Gasteiger charge is 1.98. The predicted octanol–water partition coefficient (Wildman–Crippen LogP) is 2.44. The molecule has 3 heteroatoms. The molecule has 0 aromatic carbocycles. The third-order valence-electron chi connectivity index (χ3n) is 1.77. The second-order valence-electron chi connectivity index (χ2n) is 3.44. The smallest absolute Gasteiger partial charge is 0.126 e. The fourth-order valence-electron chi connectivity index (χ4n) is 1.10. The number of pyridine rings is 1. The van der Waals surface area contributed by atoms with E-state index >= 15 is 0 Å². The quantitative estimate of drug-likeness (QED) is 0.781. The summed E-state index contributed by atoms with van der Waals surface area (Å²) < 4.78 is 5.51. The number of nitrogens with zero attached hydrogens (tertiary/aromatic N) is 1. The number of ether oxygens (including phenoxy) is 1. The average molecular weight is 194 g/mol. The standard InChI is InChI=1S/C11H18N2O/c1-4-12-11-7-10(5-6-13-11)8-14-9(2)3/h5-7,9H,4,8H2,1-3H3,(H,12,13). The first-order chi connectivity index (χ1) is 6.72. The minimum atomic E-state index is 0.269. The Bertz CT molecular complexity index is 274. The third kappa shape index (κ3) is 3.75. The van der Waals surface area contributed by atoms with Crippen LogP contribution in [0, 0.1) is 0 Å². The van der Waals surface area contributed by atoms with Gasteiger partial charge in [-0.25, -0.2) is 4.98 Å². The lowest BCUT2D eigenvalue weighted by molar-refractivity contribution is 0.0657. The van der Waals surface area contributed by atoms with Crippen molar-refractivity contribution in [2.24, 2.45) is 0 Å². The van der Waals surface area contributed by atoms with E-state index in [1.165, 1.54) is 0 Å². The van der Waals surface area contributed by atoms with Crippen LogP contribution in [0.2, 0.25) is 0 Å². The maximum atomic E-state index is 5.51. The van der Waals surface area contributed by atoms with Crippen molar-refractivity contribution in [1.29, 1.82) is 0 Å². The van der Waals surface area contributed by atoms with Gasteiger partial charge in [0.1, 0.15) is 5.82 Å². The summed E-state index contributed by atoms with van der Waals surface area (Å²) in [6.45, 7) is 7.66. The van der Waals surface area contributed by atoms with Crippen LogP contribution in [0.25, 0.3) is 0 Å². The molecule has 14 heavy (non-hydrogen) atoms. The van der Waals surface area contributed by atoms with Crippen LogP contribution in [0.15, 0.2) is 18.3 Å². The van der Waals surface area contributed by atoms with Crippen LogP contribution < -0.4 is 5.32 Å². The molecule has 3 nitrogen and oxygen atoms in total. The second kappa shape index (κ2) is 5.60. The molecule has 1 aromatic heterocycles. The summed E-state index contributed by atoms with van der Waals surface area (Å²) in [5, 5.41) is 3.17. The van der Waals surface area contributed by atoms with Crippen molar-refractivity contribution >= 4 is 5.82 Å². The number of nitrogens with one attached hydrogen (secondary N) is 1. The van der Waals surface area contributed by atoms with Crippen LogP contribution in [0.5, 0.6) is 0 Å². The van der Waals surface area contributed by atoms with Gasteiger partial charge in [0.25, 0.3) is 0 Å². The molecule has 0 aliphatic carbocycles. The molecule has 0 atom stereocenters. The monoisotopic (exact) mass is 194 g/mol. The van der Waals surface area contributed by atoms with Crippen LogP contribution >= 0.6 is 0 Å². The lowest BCUT2D eigenvalue weighted by Gasteiger charge is -2.08. The van der Waals surface area contributed by atoms with E-state index in [0.717, 1.165) is 17.9 Å². The van der Waals surface area contributed by atoms with Gasteiger partial charge in [0.05, 0.1) is 12.7 Å². The molecule has 0 fully saturated rings. The first-order valence-electron chi connectivity index (χ1n) is 5.02. The van der Waals surface area contributed by atoms with Crippen LogP contribution in [-0.4, -0.2) is 17.6 Å². The van der Waals surface area contributed by atoms with E-state index in [-0.39, 0.29) is 6.10 Å². The van der Waals surface area contributed by atoms with Gasteiger partial charge in [-0.15, -0.1) is 0 Å². The summed E-state index contributed by atoms with van der Waals surface area (Å²) in [4.78, 5) is 4.19. The van der Waals surface area contributed by atoms with E-state index in [0.29, 0.717) is 6.61 Å². The number of hydrogen-bond acceptors (Lipinski definition) is 3. The van der Waals surface area contributed by atoms with Crippen LogP contribution in [0.1, 0.15) is 26.3 Å². The van der Waals surface area contributed by atoms with Gasteiger partial charge >= 0.3 is 0 Å². The largest absolute Gasteiger partial charge is 0.374 e. The molecular formula is C11H18N2O. The average Bonchev–Trinajstić information content (AvgIpc) is 2.16. The highest BCUT2D eigenvalue weighted by Crippen LogP contribution is 2.08. The van der Waals surface area contributed by atoms with Crippen molar-refractivity contribution in [3.05, 3.63) is 23.9 Å². The molecular weight excluding hydrogens is 176 g/mol. The van der Waals surface area contributed by atoms with Gasteiger partial charge in [0.15, 0.2) is 0 Å². The van der Waals surface area contributed by atoms with Crippen molar-refractivity contribution in [1.82, 2.24) is 4.98 Å². The Morgan fingerprint density at radius 1 is 1.50 bits per heavy atom. The molecule has 78 valence electrons. The summed E-state index contributed by atoms with van der Waals surface area (Å²) >= 11 is 0. The zero-order valence-corrected chi connectivity index (χ0v) is 9.08. The van der Waals surface area contributed by atoms with E-state index in [1.807, 2.05) is 26.0 Å². The van der Waals surface area contributed by atoms with Crippen LogP contribution in [0.3, 0.4) is 0 Å². The summed E-state index contributed by atoms with van der Waals surface area (Å²) in [6.07, 6.45) is 2.07. The molecule has 0 saturated heterocycles. The van der Waals surface area contributed by atoms with E-state index in [2.05, 4.69) is 17.2 Å². The minimum Gasteiger partial charge on any atom is -0.374 e. The Labute approximate surface area is 85.5 Å². The molecule has 0 bridgehead atoms. The topological polar surface area (TPSA) is 34.1 Å². The first kappa shape index (κ1) is 11.0. The van der Waals surface area contributed by atoms with Gasteiger partial charge in [-0.3, -0.25) is 0 Å². The maximum absolute atomic E-state index is 5.51. The minimum absolute atomic E-state index is 0.269. The number of aromatic nitrogens is 1. The maximum Gasteiger partial charge on any atom is 0.126 e. The Kier molecular flexibility index (Phi) is 4.40. The summed E-state index contributed by atoms with van der Waals surface area (Å²) in [7, 11) is 0. The van der Waals surface area contributed by atoms with E-state index in [1.54, 1.807) is 6.20 Å². The Morgan fingerprint density at radius 2 is 2.29 bits per heavy atom. The molecule has 0 radical (unpaired) electrons. The zero-order valence-electron chi connectivity index (χ0n) is 9.08. The molecule has 0 saturated carbocycles. The Balaban J connectivity index is 2.54. The molecule has 1 N–H and O–H groups in total. The van der Waals surface area contributed by atoms with E-state index in [4.69, 9.17) is 4.74 Å². The molecule has 1 heterocycles. The van der Waals surface area contributed by atoms with Gasteiger partial charge in [0, 0.05) is 12.7 Å². The fraction of sp³-hybridized carbons (Fsp3) is 0.545. The van der Waals surface area contributed by atoms with Crippen molar-refractivity contribution in [2.45, 2.75) is 33.5 Å². The molecule has 0 unspecified atom stereocenters. The normalized spacial score (nSPS) is 10.6. The van der Waals surface area contributed by atoms with Gasteiger partial charge in [-0.2, -0.15) is 0 Å². The zero-order chi connectivity index (χ0) is 10.4. The molecule has 0 aliphatic heterocycles. The molecule has 0 aliphatic rings. The SMILES string of the molecule is CCNc1cc(COC(C)C)ccn1. The Hall–Kier alpha value is -1.09. The first-order valence-corrected chi connectivity index (χ1v) is 5.02. The highest BCUT2D eigenvalue weighted by molar-refractivity contribution is 5.36. The fourth-order valence-corrected chi connectivity index (χ4v) is 1.10. The highest BCUT2D eigenvalue weighted by atomic mass is 16.5. The third-order valence-corrected chi connectivity index (χ3v) is 1.77. The van der Waals surface area contributed by atoms with Gasteiger partial charge in [-0.05, 0) is 38.5 Å². The van der Waals surface area contributed by atoms with Crippen molar-refractivity contribution in [3.63, 3.8) is 0 Å². The van der Waals surface area contributed by atoms with Gasteiger partial charge in [0.2, 0.25) is 0 Å². The molecule has 1 aromatic rings. The predicted molar refractivity (Wildman–Crippen MR) is 58.3 cm³/mol. The summed E-state index contributed by atoms with van der Waals surface area (Å²) in [5.41, 5.74) is 1.16. The molecule has 0 spiro atoms. The Morgan fingerprint density at radius 3 is 2.93 bits per heavy atom. The number of rotatable bonds is 5. The molecule has 1 rings (SSSR count). The van der Waals surface area contributed by atoms with Gasteiger partial charge in [-0.1, -0.05) is 0 Å². The molecule has 0 amide bonds. The lowest BCUT2D eigenvalue weighted by atomic mass is 10.3. The van der Waals surface area contributed by atoms with Crippen LogP contribution in [-0.2, 0) is 11.3 Å². The van der Waals surface area contributed by atoms with Crippen molar-refractivity contribution in [3.8, 4) is 0 Å². The number of anilines is 1. The van der Waals surface area contributed by atoms with Crippen LogP contribution in [0.4, 0.5) is 5.82 Å². The van der Waals surface area contributed by atoms with Gasteiger partial charge < -0.3 is 10.1 Å². The summed E-state index contributed by atoms with van der Waals surface area (Å²) in [6, 6.07) is 4.00. The van der Waals surface area contributed by atoms with Crippen molar-refractivity contribution < 1.29 is 4.74 Å². The lowest BCUT2D eigenvalue weighted by Crippen LogP contribution is -2.04. The van der Waals surface area contributed by atoms with E-state index in [9.17, 15) is 0 Å². The number of hydrogen-bond donors (Lipinski definition) is 1. The van der Waals surface area contributed by atoms with E-state index < -0.39 is 0 Å². The summed E-state index contributed by atoms with van der Waals surface area (Å²) in [5.74, 6) is 0.914. The second-order valence-corrected chi connectivity index (χ2v) is 3.44. The van der Waals surface area contributed by atoms with Crippen molar-refractivity contribution in [2.75, 3.05) is 11.9 Å².